The molecule has 0 bridgehead atoms. The zero-order valence-electron chi connectivity index (χ0n) is 12.2. The zero-order chi connectivity index (χ0) is 15.4. The summed E-state index contributed by atoms with van der Waals surface area (Å²) in [5.41, 5.74) is 5.76. The lowest BCUT2D eigenvalue weighted by Crippen LogP contribution is -2.28. The molecule has 2 rings (SSSR count). The Labute approximate surface area is 123 Å². The normalized spacial score (nSPS) is 18.2. The highest BCUT2D eigenvalue weighted by Crippen LogP contribution is 2.29. The first kappa shape index (κ1) is 15.7. The molecule has 1 atom stereocenters. The number of rotatable bonds is 6. The maximum atomic E-state index is 14.2. The Hall–Kier alpha value is -1.69. The average Bonchev–Trinajstić information content (AvgIpc) is 2.88. The first-order valence-electron chi connectivity index (χ1n) is 7.25. The van der Waals surface area contributed by atoms with Gasteiger partial charge in [-0.1, -0.05) is 6.92 Å². The molecular weight excluding hydrogens is 276 g/mol. The maximum absolute atomic E-state index is 14.2. The van der Waals surface area contributed by atoms with E-state index in [-0.39, 0.29) is 18.2 Å². The minimum Gasteiger partial charge on any atom is -0.369 e. The number of amides is 1. The van der Waals surface area contributed by atoms with Crippen LogP contribution in [0, 0.1) is 17.6 Å². The standard InChI is InChI=1S/C15H21F2N3O/c1-2-4-19-8-10-6-12(16)14(13(17)7-10)20-5-3-11(9-20)15(18)21/h6-7,11,19H,2-5,8-9H2,1H3,(H2,18,21). The molecule has 1 unspecified atom stereocenters. The van der Waals surface area contributed by atoms with Crippen molar-refractivity contribution in [1.82, 2.24) is 5.32 Å². The van der Waals surface area contributed by atoms with E-state index in [0.29, 0.717) is 25.1 Å². The van der Waals surface area contributed by atoms with E-state index in [1.54, 1.807) is 4.90 Å². The van der Waals surface area contributed by atoms with E-state index in [2.05, 4.69) is 5.32 Å². The summed E-state index contributed by atoms with van der Waals surface area (Å²) in [6.45, 7) is 3.98. The van der Waals surface area contributed by atoms with Gasteiger partial charge in [0.25, 0.3) is 0 Å². The van der Waals surface area contributed by atoms with Gasteiger partial charge >= 0.3 is 0 Å². The molecule has 1 aromatic rings. The molecule has 1 saturated heterocycles. The van der Waals surface area contributed by atoms with Crippen molar-refractivity contribution in [3.63, 3.8) is 0 Å². The fraction of sp³-hybridized carbons (Fsp3) is 0.533. The van der Waals surface area contributed by atoms with Gasteiger partial charge in [-0.25, -0.2) is 8.78 Å². The Morgan fingerprint density at radius 3 is 2.62 bits per heavy atom. The SMILES string of the molecule is CCCNCc1cc(F)c(N2CCC(C(N)=O)C2)c(F)c1. The number of nitrogens with one attached hydrogen (secondary N) is 1. The van der Waals surface area contributed by atoms with Crippen LogP contribution >= 0.6 is 0 Å². The molecule has 0 radical (unpaired) electrons. The largest absolute Gasteiger partial charge is 0.369 e. The first-order valence-corrected chi connectivity index (χ1v) is 7.25. The predicted octanol–water partition coefficient (Wildman–Crippen LogP) is 1.78. The van der Waals surface area contributed by atoms with Crippen LogP contribution in [0.4, 0.5) is 14.5 Å². The Balaban J connectivity index is 2.12. The molecule has 0 spiro atoms. The molecule has 1 heterocycles. The van der Waals surface area contributed by atoms with Gasteiger partial charge in [-0.3, -0.25) is 4.79 Å². The molecule has 1 aromatic carbocycles. The van der Waals surface area contributed by atoms with E-state index in [9.17, 15) is 13.6 Å². The van der Waals surface area contributed by atoms with Crippen LogP contribution in [0.15, 0.2) is 12.1 Å². The van der Waals surface area contributed by atoms with Gasteiger partial charge in [-0.05, 0) is 37.1 Å². The summed E-state index contributed by atoms with van der Waals surface area (Å²) in [5, 5.41) is 3.11. The summed E-state index contributed by atoms with van der Waals surface area (Å²) in [7, 11) is 0. The number of benzene rings is 1. The van der Waals surface area contributed by atoms with E-state index in [0.717, 1.165) is 13.0 Å². The Morgan fingerprint density at radius 2 is 2.10 bits per heavy atom. The first-order chi connectivity index (χ1) is 10.0. The topological polar surface area (TPSA) is 58.4 Å². The van der Waals surface area contributed by atoms with Crippen LogP contribution in [-0.4, -0.2) is 25.5 Å². The second-order valence-corrected chi connectivity index (χ2v) is 5.42. The lowest BCUT2D eigenvalue weighted by molar-refractivity contribution is -0.121. The molecule has 1 amide bonds. The Morgan fingerprint density at radius 1 is 1.43 bits per heavy atom. The Bertz CT molecular complexity index is 499. The second-order valence-electron chi connectivity index (χ2n) is 5.42. The van der Waals surface area contributed by atoms with Gasteiger partial charge in [0.1, 0.15) is 17.3 Å². The molecule has 0 aromatic heterocycles. The summed E-state index contributed by atoms with van der Waals surface area (Å²) in [4.78, 5) is 12.7. The minimum absolute atomic E-state index is 0.0574. The second kappa shape index (κ2) is 6.85. The summed E-state index contributed by atoms with van der Waals surface area (Å²) in [6.07, 6.45) is 1.50. The molecule has 0 saturated carbocycles. The van der Waals surface area contributed by atoms with Gasteiger partial charge in [0, 0.05) is 19.6 Å². The van der Waals surface area contributed by atoms with E-state index in [1.807, 2.05) is 6.92 Å². The third kappa shape index (κ3) is 3.69. The van der Waals surface area contributed by atoms with E-state index in [1.165, 1.54) is 12.1 Å². The number of nitrogens with zero attached hydrogens (tertiary/aromatic N) is 1. The van der Waals surface area contributed by atoms with Crippen molar-refractivity contribution in [3.05, 3.63) is 29.3 Å². The van der Waals surface area contributed by atoms with Crippen LogP contribution in [0.1, 0.15) is 25.3 Å². The fourth-order valence-corrected chi connectivity index (χ4v) is 2.63. The van der Waals surface area contributed by atoms with Gasteiger partial charge < -0.3 is 16.0 Å². The van der Waals surface area contributed by atoms with Crippen LogP contribution in [-0.2, 0) is 11.3 Å². The lowest BCUT2D eigenvalue weighted by Gasteiger charge is -2.20. The van der Waals surface area contributed by atoms with Gasteiger partial charge in [-0.15, -0.1) is 0 Å². The number of carbonyl (C=O) groups is 1. The molecule has 6 heteroatoms. The maximum Gasteiger partial charge on any atom is 0.222 e. The third-order valence-corrected chi connectivity index (χ3v) is 3.74. The molecule has 1 fully saturated rings. The molecule has 0 aliphatic carbocycles. The predicted molar refractivity (Wildman–Crippen MR) is 77.9 cm³/mol. The molecule has 4 nitrogen and oxygen atoms in total. The number of primary amides is 1. The van der Waals surface area contributed by atoms with Gasteiger partial charge in [0.2, 0.25) is 5.91 Å². The van der Waals surface area contributed by atoms with Crippen LogP contribution in [0.5, 0.6) is 0 Å². The van der Waals surface area contributed by atoms with Crippen molar-refractivity contribution in [1.29, 1.82) is 0 Å². The van der Waals surface area contributed by atoms with Crippen molar-refractivity contribution >= 4 is 11.6 Å². The van der Waals surface area contributed by atoms with Crippen LogP contribution in [0.3, 0.4) is 0 Å². The minimum atomic E-state index is -0.589. The van der Waals surface area contributed by atoms with Crippen molar-refractivity contribution in [3.8, 4) is 0 Å². The van der Waals surface area contributed by atoms with E-state index >= 15 is 0 Å². The number of carbonyl (C=O) groups excluding carboxylic acids is 1. The smallest absolute Gasteiger partial charge is 0.222 e. The molecule has 21 heavy (non-hydrogen) atoms. The summed E-state index contributed by atoms with van der Waals surface area (Å²) < 4.78 is 28.3. The number of nitrogens with two attached hydrogens (primary N) is 1. The van der Waals surface area contributed by atoms with E-state index < -0.39 is 17.5 Å². The average molecular weight is 297 g/mol. The number of anilines is 1. The van der Waals surface area contributed by atoms with Gasteiger partial charge in [0.15, 0.2) is 0 Å². The quantitative estimate of drug-likeness (QED) is 0.787. The monoisotopic (exact) mass is 297 g/mol. The highest BCUT2D eigenvalue weighted by Gasteiger charge is 2.30. The van der Waals surface area contributed by atoms with Crippen molar-refractivity contribution in [2.75, 3.05) is 24.5 Å². The van der Waals surface area contributed by atoms with Gasteiger partial charge in [0.05, 0.1) is 5.92 Å². The molecular formula is C15H21F2N3O. The van der Waals surface area contributed by atoms with Crippen LogP contribution in [0.25, 0.3) is 0 Å². The molecule has 1 aliphatic heterocycles. The van der Waals surface area contributed by atoms with Crippen LogP contribution in [0.2, 0.25) is 0 Å². The van der Waals surface area contributed by atoms with Crippen molar-refractivity contribution in [2.24, 2.45) is 11.7 Å². The number of hydrogen-bond acceptors (Lipinski definition) is 3. The zero-order valence-corrected chi connectivity index (χ0v) is 12.2. The fourth-order valence-electron chi connectivity index (χ4n) is 2.63. The number of halogens is 2. The Kier molecular flexibility index (Phi) is 5.12. The van der Waals surface area contributed by atoms with E-state index in [4.69, 9.17) is 5.73 Å². The summed E-state index contributed by atoms with van der Waals surface area (Å²) in [5.74, 6) is -1.93. The van der Waals surface area contributed by atoms with Crippen LogP contribution < -0.4 is 16.0 Å². The lowest BCUT2D eigenvalue weighted by atomic mass is 10.1. The molecule has 116 valence electrons. The van der Waals surface area contributed by atoms with Crippen molar-refractivity contribution < 1.29 is 13.6 Å². The van der Waals surface area contributed by atoms with Crippen molar-refractivity contribution in [2.45, 2.75) is 26.3 Å². The molecule has 1 aliphatic rings. The summed E-state index contributed by atoms with van der Waals surface area (Å²) >= 11 is 0. The molecule has 3 N–H and O–H groups in total. The highest BCUT2D eigenvalue weighted by molar-refractivity contribution is 5.78. The summed E-state index contributed by atoms with van der Waals surface area (Å²) in [6, 6.07) is 2.69. The third-order valence-electron chi connectivity index (χ3n) is 3.74. The van der Waals surface area contributed by atoms with Gasteiger partial charge in [-0.2, -0.15) is 0 Å². The highest BCUT2D eigenvalue weighted by atomic mass is 19.1. The number of hydrogen-bond donors (Lipinski definition) is 2.